The van der Waals surface area contributed by atoms with Crippen LogP contribution in [0.3, 0.4) is 0 Å². The zero-order valence-corrected chi connectivity index (χ0v) is 16.0. The van der Waals surface area contributed by atoms with Crippen molar-refractivity contribution in [2.75, 3.05) is 0 Å². The molecule has 0 radical (unpaired) electrons. The van der Waals surface area contributed by atoms with Crippen LogP contribution in [-0.2, 0) is 6.61 Å². The molecule has 0 spiro atoms. The molecule has 0 saturated carbocycles. The van der Waals surface area contributed by atoms with E-state index in [-0.39, 0.29) is 0 Å². The number of hydrogen-bond acceptors (Lipinski definition) is 2. The van der Waals surface area contributed by atoms with E-state index in [1.807, 2.05) is 54.7 Å². The second kappa shape index (κ2) is 8.13. The van der Waals surface area contributed by atoms with Crippen LogP contribution in [0.25, 0.3) is 0 Å². The van der Waals surface area contributed by atoms with Crippen molar-refractivity contribution >= 4 is 27.8 Å². The fourth-order valence-corrected chi connectivity index (χ4v) is 2.74. The Hall–Kier alpha value is -2.39. The number of ether oxygens (including phenoxy) is 1. The molecule has 0 aliphatic carbocycles. The molecule has 25 heavy (non-hydrogen) atoms. The Morgan fingerprint density at radius 1 is 0.920 bits per heavy atom. The van der Waals surface area contributed by atoms with Crippen molar-refractivity contribution in [3.8, 4) is 5.75 Å². The zero-order chi connectivity index (χ0) is 17.6. The number of rotatable bonds is 5. The van der Waals surface area contributed by atoms with Gasteiger partial charge in [-0.15, -0.1) is 0 Å². The first-order valence-electron chi connectivity index (χ1n) is 8.20. The highest BCUT2D eigenvalue weighted by molar-refractivity contribution is 9.10. The van der Waals surface area contributed by atoms with Crippen LogP contribution in [0.5, 0.6) is 5.75 Å². The Morgan fingerprint density at radius 2 is 1.68 bits per heavy atom. The Kier molecular flexibility index (Phi) is 5.67. The molecule has 0 saturated heterocycles. The Morgan fingerprint density at radius 3 is 2.48 bits per heavy atom. The van der Waals surface area contributed by atoms with E-state index in [2.05, 4.69) is 53.0 Å². The van der Waals surface area contributed by atoms with Gasteiger partial charge in [-0.25, -0.2) is 0 Å². The van der Waals surface area contributed by atoms with E-state index < -0.39 is 0 Å². The first-order chi connectivity index (χ1) is 12.1. The minimum atomic E-state index is 0.529. The molecule has 0 unspecified atom stereocenters. The van der Waals surface area contributed by atoms with E-state index in [4.69, 9.17) is 4.74 Å². The van der Waals surface area contributed by atoms with E-state index in [1.54, 1.807) is 0 Å². The summed E-state index contributed by atoms with van der Waals surface area (Å²) in [5, 5.41) is 0. The summed E-state index contributed by atoms with van der Waals surface area (Å²) in [5.74, 6) is 0.833. The topological polar surface area (TPSA) is 21.6 Å². The predicted molar refractivity (Wildman–Crippen MR) is 108 cm³/mol. The Labute approximate surface area is 157 Å². The van der Waals surface area contributed by atoms with Crippen molar-refractivity contribution in [1.82, 2.24) is 0 Å². The summed E-state index contributed by atoms with van der Waals surface area (Å²) in [6, 6.07) is 22.3. The van der Waals surface area contributed by atoms with E-state index in [0.29, 0.717) is 6.61 Å². The maximum Gasteiger partial charge on any atom is 0.128 e. The predicted octanol–water partition coefficient (Wildman–Crippen LogP) is 6.40. The van der Waals surface area contributed by atoms with Crippen molar-refractivity contribution < 1.29 is 4.74 Å². The van der Waals surface area contributed by atoms with Crippen molar-refractivity contribution in [3.05, 3.63) is 93.5 Å². The molecule has 126 valence electrons. The summed E-state index contributed by atoms with van der Waals surface area (Å²) in [6.07, 6.45) is 1.87. The SMILES string of the molecule is Cc1cccc(N=Cc2ccccc2OCc2ccc(Br)cc2)c1C. The third-order valence-corrected chi connectivity index (χ3v) is 4.67. The van der Waals surface area contributed by atoms with Crippen LogP contribution >= 0.6 is 15.9 Å². The zero-order valence-electron chi connectivity index (χ0n) is 14.4. The highest BCUT2D eigenvalue weighted by atomic mass is 79.9. The molecule has 0 aromatic heterocycles. The highest BCUT2D eigenvalue weighted by Gasteiger charge is 2.03. The molecule has 0 amide bonds. The van der Waals surface area contributed by atoms with Crippen LogP contribution in [0.4, 0.5) is 5.69 Å². The fraction of sp³-hybridized carbons (Fsp3) is 0.136. The van der Waals surface area contributed by atoms with Gasteiger partial charge in [-0.2, -0.15) is 0 Å². The quantitative estimate of drug-likeness (QED) is 0.459. The molecule has 3 rings (SSSR count). The first-order valence-corrected chi connectivity index (χ1v) is 8.99. The van der Waals surface area contributed by atoms with E-state index in [1.165, 1.54) is 11.1 Å². The molecular formula is C22H20BrNO. The van der Waals surface area contributed by atoms with Gasteiger partial charge >= 0.3 is 0 Å². The third kappa shape index (κ3) is 4.58. The number of halogens is 1. The normalized spacial score (nSPS) is 11.0. The van der Waals surface area contributed by atoms with Gasteiger partial charge in [0.05, 0.1) is 5.69 Å². The minimum absolute atomic E-state index is 0.529. The second-order valence-corrected chi connectivity index (χ2v) is 6.85. The van der Waals surface area contributed by atoms with Crippen molar-refractivity contribution in [3.63, 3.8) is 0 Å². The molecule has 3 aromatic carbocycles. The minimum Gasteiger partial charge on any atom is -0.488 e. The van der Waals surface area contributed by atoms with Gasteiger partial charge in [0.1, 0.15) is 12.4 Å². The molecular weight excluding hydrogens is 374 g/mol. The van der Waals surface area contributed by atoms with Gasteiger partial charge in [0, 0.05) is 16.3 Å². The molecule has 3 heteroatoms. The monoisotopic (exact) mass is 393 g/mol. The maximum absolute atomic E-state index is 6.00. The van der Waals surface area contributed by atoms with Gasteiger partial charge in [0.25, 0.3) is 0 Å². The second-order valence-electron chi connectivity index (χ2n) is 5.93. The Bertz CT molecular complexity index is 885. The number of benzene rings is 3. The van der Waals surface area contributed by atoms with Crippen LogP contribution < -0.4 is 4.74 Å². The molecule has 0 aliphatic rings. The molecule has 0 N–H and O–H groups in total. The largest absolute Gasteiger partial charge is 0.488 e. The van der Waals surface area contributed by atoms with Crippen molar-refractivity contribution in [1.29, 1.82) is 0 Å². The molecule has 0 heterocycles. The summed E-state index contributed by atoms with van der Waals surface area (Å²) >= 11 is 3.45. The van der Waals surface area contributed by atoms with Gasteiger partial charge in [0.15, 0.2) is 0 Å². The summed E-state index contributed by atoms with van der Waals surface area (Å²) in [7, 11) is 0. The summed E-state index contributed by atoms with van der Waals surface area (Å²) < 4.78 is 7.07. The van der Waals surface area contributed by atoms with E-state index in [0.717, 1.165) is 27.0 Å². The van der Waals surface area contributed by atoms with Crippen LogP contribution in [0.2, 0.25) is 0 Å². The molecule has 0 bridgehead atoms. The van der Waals surface area contributed by atoms with Gasteiger partial charge in [-0.05, 0) is 60.9 Å². The number of nitrogens with zero attached hydrogens (tertiary/aromatic N) is 1. The van der Waals surface area contributed by atoms with Crippen LogP contribution in [0.1, 0.15) is 22.3 Å². The molecule has 2 nitrogen and oxygen atoms in total. The highest BCUT2D eigenvalue weighted by Crippen LogP contribution is 2.23. The summed E-state index contributed by atoms with van der Waals surface area (Å²) in [6.45, 7) is 4.73. The number of aliphatic imine (C=N–C) groups is 1. The average molecular weight is 394 g/mol. The fourth-order valence-electron chi connectivity index (χ4n) is 2.47. The summed E-state index contributed by atoms with van der Waals surface area (Å²) in [5.41, 5.74) is 5.54. The number of hydrogen-bond donors (Lipinski definition) is 0. The number of aryl methyl sites for hydroxylation is 1. The standard InChI is InChI=1S/C22H20BrNO/c1-16-6-5-8-21(17(16)2)24-14-19-7-3-4-9-22(19)25-15-18-10-12-20(23)13-11-18/h3-14H,15H2,1-2H3. The van der Waals surface area contributed by atoms with Crippen LogP contribution in [0.15, 0.2) is 76.2 Å². The van der Waals surface area contributed by atoms with E-state index >= 15 is 0 Å². The van der Waals surface area contributed by atoms with Crippen LogP contribution in [-0.4, -0.2) is 6.21 Å². The molecule has 3 aromatic rings. The Balaban J connectivity index is 1.77. The molecule has 0 atom stereocenters. The third-order valence-electron chi connectivity index (χ3n) is 4.15. The lowest BCUT2D eigenvalue weighted by molar-refractivity contribution is 0.306. The number of para-hydroxylation sites is 1. The van der Waals surface area contributed by atoms with Crippen molar-refractivity contribution in [2.45, 2.75) is 20.5 Å². The average Bonchev–Trinajstić information content (AvgIpc) is 2.63. The first kappa shape index (κ1) is 17.4. The smallest absolute Gasteiger partial charge is 0.128 e. The lowest BCUT2D eigenvalue weighted by Gasteiger charge is -2.09. The van der Waals surface area contributed by atoms with Gasteiger partial charge in [0.2, 0.25) is 0 Å². The lowest BCUT2D eigenvalue weighted by atomic mass is 10.1. The van der Waals surface area contributed by atoms with Crippen LogP contribution in [0, 0.1) is 13.8 Å². The maximum atomic E-state index is 6.00. The van der Waals surface area contributed by atoms with Gasteiger partial charge in [-0.1, -0.05) is 52.3 Å². The van der Waals surface area contributed by atoms with Gasteiger partial charge < -0.3 is 4.74 Å². The molecule has 0 fully saturated rings. The lowest BCUT2D eigenvalue weighted by Crippen LogP contribution is -1.98. The summed E-state index contributed by atoms with van der Waals surface area (Å²) in [4.78, 5) is 4.65. The van der Waals surface area contributed by atoms with Gasteiger partial charge in [-0.3, -0.25) is 4.99 Å². The van der Waals surface area contributed by atoms with Crippen molar-refractivity contribution in [2.24, 2.45) is 4.99 Å². The van der Waals surface area contributed by atoms with E-state index in [9.17, 15) is 0 Å². The molecule has 0 aliphatic heterocycles.